The number of rotatable bonds is 8. The molecule has 0 atom stereocenters. The van der Waals surface area contributed by atoms with E-state index in [0.717, 1.165) is 99.8 Å². The molecule has 0 aliphatic heterocycles. The Morgan fingerprint density at radius 1 is 0.299 bits per heavy atom. The lowest BCUT2D eigenvalue weighted by Crippen LogP contribution is -2.04. The SMILES string of the molecule is c1ccc(-c2cc(-c3ccccc3)nc(-n3c4ccccc4c4cc(-c5nnc(-c6cccc7c8ccccc8n(-c8nc(-c9ccccc9)cc(-c9ccccc9)n8)c67)o5)ccc43)n2)cc1. The maximum atomic E-state index is 6.71. The molecule has 0 aliphatic carbocycles. The van der Waals surface area contributed by atoms with E-state index >= 15 is 0 Å². The molecule has 0 spiro atoms. The van der Waals surface area contributed by atoms with Gasteiger partial charge >= 0.3 is 0 Å². The van der Waals surface area contributed by atoms with Crippen molar-refractivity contribution in [3.05, 3.63) is 218 Å². The van der Waals surface area contributed by atoms with E-state index in [-0.39, 0.29) is 0 Å². The lowest BCUT2D eigenvalue weighted by Gasteiger charge is -2.12. The maximum absolute atomic E-state index is 6.71. The van der Waals surface area contributed by atoms with Gasteiger partial charge in [0.15, 0.2) is 0 Å². The molecule has 9 heteroatoms. The van der Waals surface area contributed by atoms with Crippen molar-refractivity contribution in [1.29, 1.82) is 0 Å². The Morgan fingerprint density at radius 3 is 1.25 bits per heavy atom. The second-order valence-corrected chi connectivity index (χ2v) is 16.4. The summed E-state index contributed by atoms with van der Waals surface area (Å²) < 4.78 is 11.0. The highest BCUT2D eigenvalue weighted by molar-refractivity contribution is 6.13. The van der Waals surface area contributed by atoms with Gasteiger partial charge in [-0.05, 0) is 48.5 Å². The predicted molar refractivity (Wildman–Crippen MR) is 267 cm³/mol. The zero-order chi connectivity index (χ0) is 44.3. The van der Waals surface area contributed by atoms with Gasteiger partial charge in [0.2, 0.25) is 23.7 Å². The first-order valence-corrected chi connectivity index (χ1v) is 22.1. The maximum Gasteiger partial charge on any atom is 0.250 e. The molecule has 8 aromatic carbocycles. The van der Waals surface area contributed by atoms with Crippen LogP contribution >= 0.6 is 0 Å². The first kappa shape index (κ1) is 38.1. The van der Waals surface area contributed by atoms with Crippen LogP contribution in [0.25, 0.3) is 123 Å². The number of para-hydroxylation sites is 3. The van der Waals surface area contributed by atoms with Crippen LogP contribution in [-0.2, 0) is 0 Å². The van der Waals surface area contributed by atoms with Gasteiger partial charge in [-0.1, -0.05) is 170 Å². The van der Waals surface area contributed by atoms with Crippen molar-refractivity contribution in [2.45, 2.75) is 0 Å². The Labute approximate surface area is 384 Å². The minimum Gasteiger partial charge on any atom is -0.416 e. The molecule has 0 unspecified atom stereocenters. The second-order valence-electron chi connectivity index (χ2n) is 16.4. The summed E-state index contributed by atoms with van der Waals surface area (Å²) in [6.45, 7) is 0. The molecule has 0 saturated heterocycles. The fourth-order valence-corrected chi connectivity index (χ4v) is 9.27. The molecule has 13 rings (SSSR count). The summed E-state index contributed by atoms with van der Waals surface area (Å²) in [7, 11) is 0. The Kier molecular flexibility index (Phi) is 8.95. The molecule has 13 aromatic rings. The first-order chi connectivity index (χ1) is 33.2. The minimum absolute atomic E-state index is 0.384. The molecule has 0 aliphatic rings. The number of hydrogen-bond donors (Lipinski definition) is 0. The topological polar surface area (TPSA) is 100 Å². The van der Waals surface area contributed by atoms with Crippen molar-refractivity contribution in [2.75, 3.05) is 0 Å². The van der Waals surface area contributed by atoms with Crippen LogP contribution in [0.5, 0.6) is 0 Å². The van der Waals surface area contributed by atoms with Crippen LogP contribution in [0.2, 0.25) is 0 Å². The number of hydrogen-bond acceptors (Lipinski definition) is 7. The fourth-order valence-electron chi connectivity index (χ4n) is 9.27. The third-order valence-corrected chi connectivity index (χ3v) is 12.4. The summed E-state index contributed by atoms with van der Waals surface area (Å²) in [5.41, 5.74) is 12.7. The van der Waals surface area contributed by atoms with Crippen LogP contribution in [0, 0.1) is 0 Å². The van der Waals surface area contributed by atoms with Crippen molar-refractivity contribution in [2.24, 2.45) is 0 Å². The lowest BCUT2D eigenvalue weighted by atomic mass is 10.1. The van der Waals surface area contributed by atoms with E-state index in [9.17, 15) is 0 Å². The number of nitrogens with zero attached hydrogens (tertiary/aromatic N) is 8. The van der Waals surface area contributed by atoms with Gasteiger partial charge < -0.3 is 4.42 Å². The highest BCUT2D eigenvalue weighted by Gasteiger charge is 2.24. The van der Waals surface area contributed by atoms with Crippen molar-refractivity contribution in [3.8, 4) is 79.8 Å². The van der Waals surface area contributed by atoms with Crippen LogP contribution in [0.15, 0.2) is 223 Å². The molecule has 5 heterocycles. The van der Waals surface area contributed by atoms with Gasteiger partial charge in [0, 0.05) is 49.4 Å². The van der Waals surface area contributed by atoms with Gasteiger partial charge in [0.25, 0.3) is 0 Å². The van der Waals surface area contributed by atoms with E-state index in [2.05, 4.69) is 129 Å². The molecule has 0 amide bonds. The zero-order valence-electron chi connectivity index (χ0n) is 35.8. The highest BCUT2D eigenvalue weighted by Crippen LogP contribution is 2.40. The largest absolute Gasteiger partial charge is 0.416 e. The van der Waals surface area contributed by atoms with Crippen molar-refractivity contribution >= 4 is 43.6 Å². The quantitative estimate of drug-likeness (QED) is 0.150. The van der Waals surface area contributed by atoms with Gasteiger partial charge in [-0.25, -0.2) is 19.9 Å². The summed E-state index contributed by atoms with van der Waals surface area (Å²) >= 11 is 0. The monoisotopic (exact) mass is 860 g/mol. The predicted octanol–water partition coefficient (Wildman–Crippen LogP) is 13.8. The normalized spacial score (nSPS) is 11.6. The van der Waals surface area contributed by atoms with Gasteiger partial charge in [-0.3, -0.25) is 9.13 Å². The molecule has 0 N–H and O–H groups in total. The Balaban J connectivity index is 0.962. The molecule has 5 aromatic heterocycles. The van der Waals surface area contributed by atoms with E-state index in [1.165, 1.54) is 0 Å². The summed E-state index contributed by atoms with van der Waals surface area (Å²) in [6.07, 6.45) is 0. The van der Waals surface area contributed by atoms with Gasteiger partial charge in [-0.2, -0.15) is 0 Å². The smallest absolute Gasteiger partial charge is 0.250 e. The van der Waals surface area contributed by atoms with Crippen LogP contribution in [0.4, 0.5) is 0 Å². The van der Waals surface area contributed by atoms with E-state index in [0.29, 0.717) is 23.7 Å². The molecule has 0 radical (unpaired) electrons. The molecule has 0 saturated carbocycles. The van der Waals surface area contributed by atoms with Crippen LogP contribution in [0.3, 0.4) is 0 Å². The van der Waals surface area contributed by atoms with Crippen LogP contribution in [0.1, 0.15) is 0 Å². The van der Waals surface area contributed by atoms with Gasteiger partial charge in [0.05, 0.1) is 50.4 Å². The van der Waals surface area contributed by atoms with E-state index < -0.39 is 0 Å². The highest BCUT2D eigenvalue weighted by atomic mass is 16.4. The van der Waals surface area contributed by atoms with E-state index in [1.807, 2.05) is 103 Å². The lowest BCUT2D eigenvalue weighted by molar-refractivity contribution is 0.585. The Bertz CT molecular complexity index is 3860. The number of fused-ring (bicyclic) bond motifs is 6. The van der Waals surface area contributed by atoms with Crippen molar-refractivity contribution in [1.82, 2.24) is 39.3 Å². The average Bonchev–Trinajstić information content (AvgIpc) is 4.13. The summed E-state index contributed by atoms with van der Waals surface area (Å²) in [4.78, 5) is 20.9. The zero-order valence-corrected chi connectivity index (χ0v) is 35.8. The van der Waals surface area contributed by atoms with Gasteiger partial charge in [-0.15, -0.1) is 10.2 Å². The molecule has 314 valence electrons. The van der Waals surface area contributed by atoms with E-state index in [4.69, 9.17) is 29.5 Å². The Hall–Kier alpha value is -9.34. The van der Waals surface area contributed by atoms with Crippen molar-refractivity contribution in [3.63, 3.8) is 0 Å². The molecule has 0 bridgehead atoms. The average molecular weight is 861 g/mol. The fraction of sp³-hybridized carbons (Fsp3) is 0. The van der Waals surface area contributed by atoms with Crippen LogP contribution < -0.4 is 0 Å². The standard InChI is InChI=1S/C58H36N8O/c1-5-18-37(19-6-1)47-35-48(38-20-7-2-8-21-38)60-57(59-47)65-51-30-15-14-27-43(51)46-34-41(32-33-53(46)65)55-63-64-56(67-55)45-29-17-28-44-42-26-13-16-31-52(42)66(54(44)45)58-61-49(39-22-9-3-10-23-39)36-50(62-58)40-24-11-4-12-25-40/h1-36H. The van der Waals surface area contributed by atoms with Gasteiger partial charge in [0.1, 0.15) is 0 Å². The number of aromatic nitrogens is 8. The minimum atomic E-state index is 0.384. The molecule has 0 fully saturated rings. The van der Waals surface area contributed by atoms with Crippen molar-refractivity contribution < 1.29 is 4.42 Å². The number of benzene rings is 8. The molecular weight excluding hydrogens is 825 g/mol. The van der Waals surface area contributed by atoms with Crippen LogP contribution in [-0.4, -0.2) is 39.3 Å². The third kappa shape index (κ3) is 6.56. The van der Waals surface area contributed by atoms with E-state index in [1.54, 1.807) is 0 Å². The molecular formula is C58H36N8O. The Morgan fingerprint density at radius 2 is 0.716 bits per heavy atom. The third-order valence-electron chi connectivity index (χ3n) is 12.4. The second kappa shape index (κ2) is 15.7. The summed E-state index contributed by atoms with van der Waals surface area (Å²) in [6, 6.07) is 74.2. The summed E-state index contributed by atoms with van der Waals surface area (Å²) in [5, 5.41) is 13.6. The summed E-state index contributed by atoms with van der Waals surface area (Å²) in [5.74, 6) is 1.90. The molecule has 67 heavy (non-hydrogen) atoms. The molecule has 9 nitrogen and oxygen atoms in total. The first-order valence-electron chi connectivity index (χ1n) is 22.1.